The van der Waals surface area contributed by atoms with Gasteiger partial charge in [0.25, 0.3) is 11.8 Å². The summed E-state index contributed by atoms with van der Waals surface area (Å²) in [5.74, 6) is -1.45. The molecule has 9 heteroatoms. The van der Waals surface area contributed by atoms with E-state index in [-0.39, 0.29) is 5.91 Å². The Morgan fingerprint density at radius 1 is 1.21 bits per heavy atom. The zero-order chi connectivity index (χ0) is 21.0. The number of nitrogens with one attached hydrogen (secondary N) is 2. The van der Waals surface area contributed by atoms with Gasteiger partial charge in [-0.2, -0.15) is 0 Å². The van der Waals surface area contributed by atoms with E-state index < -0.39 is 25.1 Å². The number of anilines is 2. The van der Waals surface area contributed by atoms with Crippen molar-refractivity contribution in [1.82, 2.24) is 0 Å². The quantitative estimate of drug-likeness (QED) is 0.612. The molecule has 1 aliphatic carbocycles. The maximum atomic E-state index is 13.0. The number of carbonyl (C=O) groups is 3. The van der Waals surface area contributed by atoms with E-state index in [2.05, 4.69) is 17.6 Å². The number of aliphatic carboxylic acids is 1. The van der Waals surface area contributed by atoms with Crippen molar-refractivity contribution in [1.29, 1.82) is 0 Å². The van der Waals surface area contributed by atoms with Crippen LogP contribution in [-0.2, 0) is 27.2 Å². The average Bonchev–Trinajstić information content (AvgIpc) is 3.00. The van der Waals surface area contributed by atoms with Gasteiger partial charge in [-0.15, -0.1) is 11.3 Å². The second-order valence-electron chi connectivity index (χ2n) is 6.95. The highest BCUT2D eigenvalue weighted by molar-refractivity contribution is 7.17. The van der Waals surface area contributed by atoms with Crippen molar-refractivity contribution in [3.05, 3.63) is 45.3 Å². The molecule has 2 aromatic rings. The summed E-state index contributed by atoms with van der Waals surface area (Å²) >= 11 is 7.28. The van der Waals surface area contributed by atoms with E-state index in [1.807, 2.05) is 0 Å². The van der Waals surface area contributed by atoms with E-state index in [0.29, 0.717) is 27.2 Å². The Hall–Kier alpha value is -2.42. The molecule has 1 aliphatic rings. The van der Waals surface area contributed by atoms with Gasteiger partial charge in [0.05, 0.1) is 5.56 Å². The normalized spacial score (nSPS) is 15.4. The smallest absolute Gasteiger partial charge is 0.329 e. The van der Waals surface area contributed by atoms with E-state index in [4.69, 9.17) is 21.4 Å². The summed E-state index contributed by atoms with van der Waals surface area (Å²) < 4.78 is 4.84. The fourth-order valence-corrected chi connectivity index (χ4v) is 4.75. The molecule has 0 bridgehead atoms. The SMILES string of the molecule is CC1CCc2c(sc(NC(=O)COCC(=O)O)c2C(=O)Nc2ccc(Cl)cc2)C1. The minimum Gasteiger partial charge on any atom is -0.480 e. The lowest BCUT2D eigenvalue weighted by molar-refractivity contribution is -0.143. The molecule has 0 fully saturated rings. The van der Waals surface area contributed by atoms with Crippen LogP contribution in [0.5, 0.6) is 0 Å². The topological polar surface area (TPSA) is 105 Å². The van der Waals surface area contributed by atoms with Crippen molar-refractivity contribution in [2.75, 3.05) is 23.8 Å². The van der Waals surface area contributed by atoms with Crippen LogP contribution >= 0.6 is 22.9 Å². The Kier molecular flexibility index (Phi) is 6.89. The molecule has 1 aromatic carbocycles. The van der Waals surface area contributed by atoms with Crippen molar-refractivity contribution in [2.24, 2.45) is 5.92 Å². The Morgan fingerprint density at radius 3 is 2.62 bits per heavy atom. The fourth-order valence-electron chi connectivity index (χ4n) is 3.20. The van der Waals surface area contributed by atoms with Crippen LogP contribution in [-0.4, -0.2) is 36.1 Å². The number of benzene rings is 1. The molecular weight excluding hydrogens is 416 g/mol. The third-order valence-corrected chi connectivity index (χ3v) is 5.97. The fraction of sp³-hybridized carbons (Fsp3) is 0.350. The Morgan fingerprint density at radius 2 is 1.93 bits per heavy atom. The zero-order valence-electron chi connectivity index (χ0n) is 15.8. The van der Waals surface area contributed by atoms with Crippen LogP contribution in [0.15, 0.2) is 24.3 Å². The molecule has 2 amide bonds. The van der Waals surface area contributed by atoms with Gasteiger partial charge in [0.2, 0.25) is 0 Å². The predicted molar refractivity (Wildman–Crippen MR) is 112 cm³/mol. The van der Waals surface area contributed by atoms with E-state index in [0.717, 1.165) is 29.7 Å². The van der Waals surface area contributed by atoms with Crippen LogP contribution in [0.4, 0.5) is 10.7 Å². The Balaban J connectivity index is 1.81. The maximum absolute atomic E-state index is 13.0. The van der Waals surface area contributed by atoms with Gasteiger partial charge in [-0.25, -0.2) is 4.79 Å². The summed E-state index contributed by atoms with van der Waals surface area (Å²) in [5, 5.41) is 15.2. The van der Waals surface area contributed by atoms with Crippen molar-refractivity contribution in [2.45, 2.75) is 26.2 Å². The lowest BCUT2D eigenvalue weighted by atomic mass is 9.88. The van der Waals surface area contributed by atoms with Crippen molar-refractivity contribution < 1.29 is 24.2 Å². The van der Waals surface area contributed by atoms with Gasteiger partial charge < -0.3 is 20.5 Å². The molecule has 1 atom stereocenters. The minimum atomic E-state index is -1.15. The van der Waals surface area contributed by atoms with Crippen molar-refractivity contribution in [3.8, 4) is 0 Å². The standard InChI is InChI=1S/C20H21ClN2O5S/c1-11-2-7-14-15(8-11)29-20(23-16(24)9-28-10-17(25)26)18(14)19(27)22-13-5-3-12(21)4-6-13/h3-6,11H,2,7-10H2,1H3,(H,22,27)(H,23,24)(H,25,26). The van der Waals surface area contributed by atoms with Crippen molar-refractivity contribution >= 4 is 51.4 Å². The highest BCUT2D eigenvalue weighted by Crippen LogP contribution is 2.40. The first-order chi connectivity index (χ1) is 13.8. The molecule has 0 saturated heterocycles. The number of carboxylic acid groups (broad SMARTS) is 1. The molecule has 0 spiro atoms. The van der Waals surface area contributed by atoms with Crippen LogP contribution in [0.25, 0.3) is 0 Å². The summed E-state index contributed by atoms with van der Waals surface area (Å²) in [7, 11) is 0. The minimum absolute atomic E-state index is 0.305. The van der Waals surface area contributed by atoms with Gasteiger partial charge in [0, 0.05) is 15.6 Å². The van der Waals surface area contributed by atoms with Gasteiger partial charge in [-0.3, -0.25) is 9.59 Å². The third-order valence-electron chi connectivity index (χ3n) is 4.55. The second-order valence-corrected chi connectivity index (χ2v) is 8.49. The third kappa shape index (κ3) is 5.56. The number of carbonyl (C=O) groups excluding carboxylic acids is 2. The first-order valence-electron chi connectivity index (χ1n) is 9.14. The number of ether oxygens (including phenoxy) is 1. The molecule has 1 heterocycles. The van der Waals surface area contributed by atoms with E-state index in [1.165, 1.54) is 11.3 Å². The molecular formula is C20H21ClN2O5S. The van der Waals surface area contributed by atoms with Crippen molar-refractivity contribution in [3.63, 3.8) is 0 Å². The van der Waals surface area contributed by atoms with E-state index >= 15 is 0 Å². The summed E-state index contributed by atoms with van der Waals surface area (Å²) in [5.41, 5.74) is 2.02. The van der Waals surface area contributed by atoms with Crippen LogP contribution in [0, 0.1) is 5.92 Å². The van der Waals surface area contributed by atoms with Gasteiger partial charge in [0.1, 0.15) is 18.2 Å². The number of hydrogen-bond donors (Lipinski definition) is 3. The van der Waals surface area contributed by atoms with Crippen LogP contribution in [0.3, 0.4) is 0 Å². The van der Waals surface area contributed by atoms with Gasteiger partial charge >= 0.3 is 5.97 Å². The number of hydrogen-bond acceptors (Lipinski definition) is 5. The van der Waals surface area contributed by atoms with E-state index in [9.17, 15) is 14.4 Å². The second kappa shape index (κ2) is 9.39. The largest absolute Gasteiger partial charge is 0.480 e. The number of carboxylic acids is 1. The molecule has 154 valence electrons. The zero-order valence-corrected chi connectivity index (χ0v) is 17.4. The molecule has 0 saturated carbocycles. The maximum Gasteiger partial charge on any atom is 0.329 e. The molecule has 7 nitrogen and oxygen atoms in total. The van der Waals surface area contributed by atoms with E-state index in [1.54, 1.807) is 24.3 Å². The number of rotatable bonds is 7. The first kappa shape index (κ1) is 21.3. The molecule has 29 heavy (non-hydrogen) atoms. The predicted octanol–water partition coefficient (Wildman–Crippen LogP) is 3.82. The highest BCUT2D eigenvalue weighted by Gasteiger charge is 2.28. The molecule has 0 radical (unpaired) electrons. The highest BCUT2D eigenvalue weighted by atomic mass is 35.5. The monoisotopic (exact) mass is 436 g/mol. The number of halogens is 1. The van der Waals surface area contributed by atoms with Crippen LogP contribution in [0.1, 0.15) is 34.1 Å². The molecule has 3 N–H and O–H groups in total. The van der Waals surface area contributed by atoms with Gasteiger partial charge in [0.15, 0.2) is 0 Å². The Bertz CT molecular complexity index is 926. The van der Waals surface area contributed by atoms with Crippen LogP contribution < -0.4 is 10.6 Å². The van der Waals surface area contributed by atoms with Gasteiger partial charge in [-0.05, 0) is 55.0 Å². The van der Waals surface area contributed by atoms with Crippen LogP contribution in [0.2, 0.25) is 5.02 Å². The lowest BCUT2D eigenvalue weighted by Gasteiger charge is -2.18. The molecule has 1 aromatic heterocycles. The van der Waals surface area contributed by atoms with Gasteiger partial charge in [-0.1, -0.05) is 18.5 Å². The number of fused-ring (bicyclic) bond motifs is 1. The summed E-state index contributed by atoms with van der Waals surface area (Å²) in [6.07, 6.45) is 2.59. The summed E-state index contributed by atoms with van der Waals surface area (Å²) in [6, 6.07) is 6.78. The average molecular weight is 437 g/mol. The Labute approximate surface area is 177 Å². The summed E-state index contributed by atoms with van der Waals surface area (Å²) in [6.45, 7) is 1.20. The number of thiophene rings is 1. The number of amides is 2. The molecule has 1 unspecified atom stereocenters. The first-order valence-corrected chi connectivity index (χ1v) is 10.3. The molecule has 0 aliphatic heterocycles. The molecule has 3 rings (SSSR count). The summed E-state index contributed by atoms with van der Waals surface area (Å²) in [4.78, 5) is 36.8. The lowest BCUT2D eigenvalue weighted by Crippen LogP contribution is -2.22.